The fraction of sp³-hybridized carbons (Fsp3) is 0.316. The normalized spacial score (nSPS) is 16.4. The Labute approximate surface area is 151 Å². The maximum absolute atomic E-state index is 12.9. The van der Waals surface area contributed by atoms with Crippen LogP contribution in [-0.4, -0.2) is 34.3 Å². The quantitative estimate of drug-likeness (QED) is 0.893. The molecule has 2 aromatic rings. The van der Waals surface area contributed by atoms with E-state index in [1.807, 2.05) is 0 Å². The van der Waals surface area contributed by atoms with Gasteiger partial charge >= 0.3 is 0 Å². The monoisotopic (exact) mass is 357 g/mol. The van der Waals surface area contributed by atoms with Gasteiger partial charge in [0.2, 0.25) is 17.7 Å². The molecule has 2 heterocycles. The van der Waals surface area contributed by atoms with Gasteiger partial charge in [-0.15, -0.1) is 0 Å². The zero-order valence-corrected chi connectivity index (χ0v) is 14.4. The van der Waals surface area contributed by atoms with Crippen molar-refractivity contribution in [3.8, 4) is 11.6 Å². The molecule has 0 spiro atoms. The van der Waals surface area contributed by atoms with Gasteiger partial charge in [-0.05, 0) is 48.7 Å². The molecule has 1 aromatic carbocycles. The van der Waals surface area contributed by atoms with E-state index in [4.69, 9.17) is 4.74 Å². The average Bonchev–Trinajstić information content (AvgIpc) is 3.12. The molecule has 1 saturated heterocycles. The molecule has 6 nitrogen and oxygen atoms in total. The van der Waals surface area contributed by atoms with Crippen LogP contribution in [0.5, 0.6) is 11.6 Å². The molecular formula is C19H20FN3O3. The molecule has 1 aromatic heterocycles. The molecule has 3 rings (SSSR count). The zero-order chi connectivity index (χ0) is 18.5. The summed E-state index contributed by atoms with van der Waals surface area (Å²) >= 11 is 0. The van der Waals surface area contributed by atoms with E-state index in [0.717, 1.165) is 12.0 Å². The van der Waals surface area contributed by atoms with E-state index in [2.05, 4.69) is 10.3 Å². The third kappa shape index (κ3) is 4.36. The van der Waals surface area contributed by atoms with Gasteiger partial charge in [0.05, 0.1) is 0 Å². The van der Waals surface area contributed by atoms with Gasteiger partial charge in [-0.2, -0.15) is 0 Å². The molecule has 0 bridgehead atoms. The van der Waals surface area contributed by atoms with Gasteiger partial charge < -0.3 is 15.0 Å². The number of halogens is 1. The fourth-order valence-corrected chi connectivity index (χ4v) is 2.96. The molecular weight excluding hydrogens is 337 g/mol. The number of nitrogens with zero attached hydrogens (tertiary/aromatic N) is 2. The number of nitrogens with one attached hydrogen (secondary N) is 1. The van der Waals surface area contributed by atoms with Crippen molar-refractivity contribution in [3.63, 3.8) is 0 Å². The van der Waals surface area contributed by atoms with E-state index >= 15 is 0 Å². The standard InChI is InChI=1S/C19H20FN3O3/c1-13(24)23-10-2-3-17(23)19(25)22-12-14-8-9-21-18(11-14)26-16-6-4-15(20)5-7-16/h4-9,11,17H,2-3,10,12H2,1H3,(H,22,25)/t17-/m0/s1. The Bertz CT molecular complexity index is 795. The van der Waals surface area contributed by atoms with E-state index in [1.165, 1.54) is 31.2 Å². The van der Waals surface area contributed by atoms with E-state index in [1.54, 1.807) is 23.2 Å². The summed E-state index contributed by atoms with van der Waals surface area (Å²) in [6, 6.07) is 8.73. The summed E-state index contributed by atoms with van der Waals surface area (Å²) in [5, 5.41) is 2.86. The van der Waals surface area contributed by atoms with Gasteiger partial charge in [-0.25, -0.2) is 9.37 Å². The first-order chi connectivity index (χ1) is 12.5. The molecule has 0 saturated carbocycles. The Kier molecular flexibility index (Phi) is 5.46. The summed E-state index contributed by atoms with van der Waals surface area (Å²) < 4.78 is 18.5. The van der Waals surface area contributed by atoms with Crippen LogP contribution < -0.4 is 10.1 Å². The highest BCUT2D eigenvalue weighted by molar-refractivity contribution is 5.87. The lowest BCUT2D eigenvalue weighted by atomic mass is 10.2. The van der Waals surface area contributed by atoms with Crippen LogP contribution in [0.4, 0.5) is 4.39 Å². The Morgan fingerprint density at radius 2 is 2.08 bits per heavy atom. The van der Waals surface area contributed by atoms with Gasteiger partial charge in [0, 0.05) is 32.3 Å². The van der Waals surface area contributed by atoms with Gasteiger partial charge in [0.15, 0.2) is 0 Å². The molecule has 26 heavy (non-hydrogen) atoms. The Morgan fingerprint density at radius 3 is 2.81 bits per heavy atom. The Morgan fingerprint density at radius 1 is 1.31 bits per heavy atom. The molecule has 1 atom stereocenters. The molecule has 0 unspecified atom stereocenters. The molecule has 2 amide bonds. The predicted octanol–water partition coefficient (Wildman–Crippen LogP) is 2.64. The summed E-state index contributed by atoms with van der Waals surface area (Å²) in [7, 11) is 0. The second kappa shape index (κ2) is 7.95. The van der Waals surface area contributed by atoms with Gasteiger partial charge in [-0.3, -0.25) is 9.59 Å². The van der Waals surface area contributed by atoms with Crippen molar-refractivity contribution in [2.45, 2.75) is 32.4 Å². The van der Waals surface area contributed by atoms with Crippen LogP contribution in [0, 0.1) is 5.82 Å². The summed E-state index contributed by atoms with van der Waals surface area (Å²) in [4.78, 5) is 29.6. The third-order valence-electron chi connectivity index (χ3n) is 4.26. The van der Waals surface area contributed by atoms with Crippen LogP contribution in [0.1, 0.15) is 25.3 Å². The van der Waals surface area contributed by atoms with Crippen molar-refractivity contribution in [1.29, 1.82) is 0 Å². The first kappa shape index (κ1) is 17.8. The number of hydrogen-bond donors (Lipinski definition) is 1. The molecule has 7 heteroatoms. The molecule has 1 aliphatic heterocycles. The Hall–Kier alpha value is -2.96. The molecule has 0 radical (unpaired) electrons. The van der Waals surface area contributed by atoms with Crippen LogP contribution in [-0.2, 0) is 16.1 Å². The number of likely N-dealkylation sites (tertiary alicyclic amines) is 1. The van der Waals surface area contributed by atoms with E-state index < -0.39 is 6.04 Å². The fourth-order valence-electron chi connectivity index (χ4n) is 2.96. The maximum atomic E-state index is 12.9. The smallest absolute Gasteiger partial charge is 0.243 e. The minimum atomic E-state index is -0.399. The first-order valence-electron chi connectivity index (χ1n) is 8.46. The topological polar surface area (TPSA) is 71.5 Å². The molecule has 1 N–H and O–H groups in total. The summed E-state index contributed by atoms with van der Waals surface area (Å²) in [6.07, 6.45) is 3.10. The Balaban J connectivity index is 1.59. The van der Waals surface area contributed by atoms with E-state index in [9.17, 15) is 14.0 Å². The number of hydrogen-bond acceptors (Lipinski definition) is 4. The lowest BCUT2D eigenvalue weighted by molar-refractivity contribution is -0.136. The van der Waals surface area contributed by atoms with Crippen molar-refractivity contribution >= 4 is 11.8 Å². The third-order valence-corrected chi connectivity index (χ3v) is 4.26. The number of pyridine rings is 1. The highest BCUT2D eigenvalue weighted by atomic mass is 19.1. The van der Waals surface area contributed by atoms with E-state index in [-0.39, 0.29) is 17.6 Å². The van der Waals surface area contributed by atoms with Crippen molar-refractivity contribution in [3.05, 3.63) is 54.0 Å². The summed E-state index contributed by atoms with van der Waals surface area (Å²) in [6.45, 7) is 2.41. The molecule has 1 fully saturated rings. The van der Waals surface area contributed by atoms with Gasteiger partial charge in [0.25, 0.3) is 0 Å². The van der Waals surface area contributed by atoms with Crippen molar-refractivity contribution in [2.75, 3.05) is 6.54 Å². The first-order valence-corrected chi connectivity index (χ1v) is 8.46. The number of rotatable bonds is 5. The number of ether oxygens (including phenoxy) is 1. The lowest BCUT2D eigenvalue weighted by Crippen LogP contribution is -2.44. The molecule has 1 aliphatic rings. The average molecular weight is 357 g/mol. The van der Waals surface area contributed by atoms with Crippen molar-refractivity contribution in [1.82, 2.24) is 15.2 Å². The number of amides is 2. The molecule has 0 aliphatic carbocycles. The second-order valence-electron chi connectivity index (χ2n) is 6.15. The number of carbonyl (C=O) groups excluding carboxylic acids is 2. The van der Waals surface area contributed by atoms with Crippen LogP contribution in [0.15, 0.2) is 42.6 Å². The van der Waals surface area contributed by atoms with E-state index in [0.29, 0.717) is 31.1 Å². The minimum Gasteiger partial charge on any atom is -0.439 e. The zero-order valence-electron chi connectivity index (χ0n) is 14.4. The number of carbonyl (C=O) groups is 2. The van der Waals surface area contributed by atoms with Crippen molar-refractivity contribution < 1.29 is 18.7 Å². The lowest BCUT2D eigenvalue weighted by Gasteiger charge is -2.22. The molecule has 136 valence electrons. The highest BCUT2D eigenvalue weighted by Crippen LogP contribution is 2.21. The summed E-state index contributed by atoms with van der Waals surface area (Å²) in [5.74, 6) is 0.253. The maximum Gasteiger partial charge on any atom is 0.243 e. The van der Waals surface area contributed by atoms with Crippen LogP contribution in [0.2, 0.25) is 0 Å². The van der Waals surface area contributed by atoms with Crippen LogP contribution >= 0.6 is 0 Å². The minimum absolute atomic E-state index is 0.0819. The second-order valence-corrected chi connectivity index (χ2v) is 6.15. The SMILES string of the molecule is CC(=O)N1CCC[C@H]1C(=O)NCc1ccnc(Oc2ccc(F)cc2)c1. The number of benzene rings is 1. The van der Waals surface area contributed by atoms with Gasteiger partial charge in [0.1, 0.15) is 17.6 Å². The van der Waals surface area contributed by atoms with Gasteiger partial charge in [-0.1, -0.05) is 0 Å². The largest absolute Gasteiger partial charge is 0.439 e. The predicted molar refractivity (Wildman–Crippen MR) is 93.0 cm³/mol. The van der Waals surface area contributed by atoms with Crippen molar-refractivity contribution in [2.24, 2.45) is 0 Å². The highest BCUT2D eigenvalue weighted by Gasteiger charge is 2.31. The summed E-state index contributed by atoms with van der Waals surface area (Å²) in [5.41, 5.74) is 0.817. The number of aromatic nitrogens is 1. The van der Waals surface area contributed by atoms with Crippen LogP contribution in [0.3, 0.4) is 0 Å². The van der Waals surface area contributed by atoms with Crippen LogP contribution in [0.25, 0.3) is 0 Å².